The minimum atomic E-state index is 0.127. The van der Waals surface area contributed by atoms with Crippen LogP contribution in [0, 0.1) is 0 Å². The van der Waals surface area contributed by atoms with E-state index >= 15 is 0 Å². The molecule has 6 heteroatoms. The summed E-state index contributed by atoms with van der Waals surface area (Å²) in [4.78, 5) is 21.7. The molecule has 1 fully saturated rings. The highest BCUT2D eigenvalue weighted by molar-refractivity contribution is 7.13. The molecule has 3 heterocycles. The largest absolute Gasteiger partial charge is 0.375 e. The Morgan fingerprint density at radius 1 is 1.63 bits per heavy atom. The number of hydrogen-bond acceptors (Lipinski definition) is 4. The summed E-state index contributed by atoms with van der Waals surface area (Å²) in [7, 11) is 0. The van der Waals surface area contributed by atoms with Gasteiger partial charge in [0.05, 0.1) is 18.2 Å². The minimum Gasteiger partial charge on any atom is -0.375 e. The normalized spacial score (nSPS) is 18.9. The van der Waals surface area contributed by atoms with Crippen LogP contribution < -0.4 is 5.73 Å². The first-order chi connectivity index (χ1) is 9.24. The number of nitrogens with one attached hydrogen (secondary N) is 1. The molecular weight excluding hydrogens is 260 g/mol. The number of H-pyrrole nitrogens is 1. The van der Waals surface area contributed by atoms with Gasteiger partial charge in [-0.15, -0.1) is 11.3 Å². The zero-order valence-corrected chi connectivity index (χ0v) is 11.3. The quantitative estimate of drug-likeness (QED) is 0.900. The van der Waals surface area contributed by atoms with Crippen LogP contribution in [0.15, 0.2) is 23.7 Å². The fraction of sp³-hybridized carbons (Fsp3) is 0.385. The molecule has 19 heavy (non-hydrogen) atoms. The molecular formula is C13H16N4OS. The highest BCUT2D eigenvalue weighted by Gasteiger charge is 2.30. The van der Waals surface area contributed by atoms with Crippen LogP contribution >= 0.6 is 11.3 Å². The van der Waals surface area contributed by atoms with E-state index in [0.717, 1.165) is 30.8 Å². The molecule has 2 aromatic rings. The predicted molar refractivity (Wildman–Crippen MR) is 74.7 cm³/mol. The summed E-state index contributed by atoms with van der Waals surface area (Å²) in [6.07, 6.45) is 4.31. The number of anilines is 1. The molecule has 3 rings (SSSR count). The first-order valence-corrected chi connectivity index (χ1v) is 7.24. The number of carbonyl (C=O) groups is 1. The molecule has 100 valence electrons. The summed E-state index contributed by atoms with van der Waals surface area (Å²) in [5, 5.41) is 2.37. The van der Waals surface area contributed by atoms with Gasteiger partial charge < -0.3 is 15.6 Å². The van der Waals surface area contributed by atoms with Gasteiger partial charge in [0.2, 0.25) is 5.91 Å². The Balaban J connectivity index is 1.72. The Labute approximate surface area is 115 Å². The second-order valence-electron chi connectivity index (χ2n) is 4.72. The number of nitrogen functional groups attached to an aromatic ring is 1. The van der Waals surface area contributed by atoms with Crippen LogP contribution in [0.3, 0.4) is 0 Å². The monoisotopic (exact) mass is 276 g/mol. The van der Waals surface area contributed by atoms with Gasteiger partial charge in [0.15, 0.2) is 5.13 Å². The standard InChI is InChI=1S/C13H16N4OS/c14-13-16-9(8-19-13)7-12(18)17-6-2-4-11(17)10-3-1-5-15-10/h1,3,5,8,11,15H,2,4,6-7H2,(H2,14,16). The molecule has 1 aliphatic heterocycles. The minimum absolute atomic E-state index is 0.127. The molecule has 1 atom stereocenters. The van der Waals surface area contributed by atoms with Crippen molar-refractivity contribution in [2.24, 2.45) is 0 Å². The number of carbonyl (C=O) groups excluding carboxylic acids is 1. The lowest BCUT2D eigenvalue weighted by Gasteiger charge is -2.23. The Morgan fingerprint density at radius 3 is 3.21 bits per heavy atom. The van der Waals surface area contributed by atoms with Crippen LogP contribution in [0.25, 0.3) is 0 Å². The van der Waals surface area contributed by atoms with Gasteiger partial charge in [-0.2, -0.15) is 0 Å². The number of aromatic amines is 1. The molecule has 5 nitrogen and oxygen atoms in total. The molecule has 1 saturated heterocycles. The van der Waals surface area contributed by atoms with Gasteiger partial charge in [-0.3, -0.25) is 4.79 Å². The van der Waals surface area contributed by atoms with Crippen LogP contribution in [-0.4, -0.2) is 27.3 Å². The van der Waals surface area contributed by atoms with Gasteiger partial charge in [0.25, 0.3) is 0 Å². The maximum absolute atomic E-state index is 12.4. The smallest absolute Gasteiger partial charge is 0.229 e. The second kappa shape index (κ2) is 5.05. The maximum Gasteiger partial charge on any atom is 0.229 e. The van der Waals surface area contributed by atoms with Crippen LogP contribution in [0.4, 0.5) is 5.13 Å². The molecule has 2 aromatic heterocycles. The van der Waals surface area contributed by atoms with Crippen molar-refractivity contribution in [1.82, 2.24) is 14.9 Å². The van der Waals surface area contributed by atoms with Crippen molar-refractivity contribution in [1.29, 1.82) is 0 Å². The van der Waals surface area contributed by atoms with Gasteiger partial charge in [-0.25, -0.2) is 4.98 Å². The van der Waals surface area contributed by atoms with E-state index in [4.69, 9.17) is 5.73 Å². The Kier molecular flexibility index (Phi) is 3.25. The summed E-state index contributed by atoms with van der Waals surface area (Å²) in [6.45, 7) is 0.822. The summed E-state index contributed by atoms with van der Waals surface area (Å²) < 4.78 is 0. The molecule has 3 N–H and O–H groups in total. The van der Waals surface area contributed by atoms with E-state index in [1.165, 1.54) is 11.3 Å². The zero-order valence-electron chi connectivity index (χ0n) is 10.5. The van der Waals surface area contributed by atoms with E-state index in [2.05, 4.69) is 9.97 Å². The number of amides is 1. The molecule has 0 saturated carbocycles. The van der Waals surface area contributed by atoms with Crippen LogP contribution in [0.1, 0.15) is 30.3 Å². The zero-order chi connectivity index (χ0) is 13.2. The average molecular weight is 276 g/mol. The van der Waals surface area contributed by atoms with Gasteiger partial charge in [0.1, 0.15) is 0 Å². The molecule has 0 radical (unpaired) electrons. The molecule has 0 aliphatic carbocycles. The van der Waals surface area contributed by atoms with E-state index in [1.807, 2.05) is 28.6 Å². The van der Waals surface area contributed by atoms with Crippen molar-refractivity contribution >= 4 is 22.4 Å². The Morgan fingerprint density at radius 2 is 2.53 bits per heavy atom. The summed E-state index contributed by atoms with van der Waals surface area (Å²) in [6, 6.07) is 4.19. The van der Waals surface area contributed by atoms with Gasteiger partial charge in [0, 0.05) is 23.8 Å². The summed E-state index contributed by atoms with van der Waals surface area (Å²) in [5.41, 5.74) is 7.47. The Bertz CT molecular complexity index is 563. The van der Waals surface area contributed by atoms with Crippen LogP contribution in [-0.2, 0) is 11.2 Å². The number of nitrogens with zero attached hydrogens (tertiary/aromatic N) is 2. The van der Waals surface area contributed by atoms with E-state index < -0.39 is 0 Å². The van der Waals surface area contributed by atoms with Gasteiger partial charge >= 0.3 is 0 Å². The Hall–Kier alpha value is -1.82. The topological polar surface area (TPSA) is 75.0 Å². The number of rotatable bonds is 3. The number of likely N-dealkylation sites (tertiary alicyclic amines) is 1. The number of thiazole rings is 1. The average Bonchev–Trinajstić information content (AvgIpc) is 3.07. The van der Waals surface area contributed by atoms with Crippen molar-refractivity contribution in [3.63, 3.8) is 0 Å². The predicted octanol–water partition coefficient (Wildman–Crippen LogP) is 1.96. The van der Waals surface area contributed by atoms with Crippen molar-refractivity contribution in [2.75, 3.05) is 12.3 Å². The third kappa shape index (κ3) is 2.49. The second-order valence-corrected chi connectivity index (χ2v) is 5.61. The van der Waals surface area contributed by atoms with E-state index in [1.54, 1.807) is 0 Å². The highest BCUT2D eigenvalue weighted by Crippen LogP contribution is 2.31. The van der Waals surface area contributed by atoms with Crippen molar-refractivity contribution in [3.05, 3.63) is 35.1 Å². The van der Waals surface area contributed by atoms with E-state index in [0.29, 0.717) is 11.6 Å². The number of hydrogen-bond donors (Lipinski definition) is 2. The van der Waals surface area contributed by atoms with E-state index in [-0.39, 0.29) is 11.9 Å². The van der Waals surface area contributed by atoms with Crippen LogP contribution in [0.5, 0.6) is 0 Å². The fourth-order valence-corrected chi connectivity index (χ4v) is 3.16. The summed E-state index contributed by atoms with van der Waals surface area (Å²) in [5.74, 6) is 0.127. The lowest BCUT2D eigenvalue weighted by molar-refractivity contribution is -0.131. The highest BCUT2D eigenvalue weighted by atomic mass is 32.1. The number of nitrogens with two attached hydrogens (primary N) is 1. The summed E-state index contributed by atoms with van der Waals surface area (Å²) >= 11 is 1.38. The third-order valence-corrected chi connectivity index (χ3v) is 4.18. The lowest BCUT2D eigenvalue weighted by Crippen LogP contribution is -2.32. The fourth-order valence-electron chi connectivity index (χ4n) is 2.60. The lowest BCUT2D eigenvalue weighted by atomic mass is 10.1. The molecule has 0 bridgehead atoms. The molecule has 0 aromatic carbocycles. The van der Waals surface area contributed by atoms with Gasteiger partial charge in [-0.05, 0) is 25.0 Å². The first-order valence-electron chi connectivity index (χ1n) is 6.36. The van der Waals surface area contributed by atoms with E-state index in [9.17, 15) is 4.79 Å². The maximum atomic E-state index is 12.4. The SMILES string of the molecule is Nc1nc(CC(=O)N2CCCC2c2ccc[nH]2)cs1. The van der Waals surface area contributed by atoms with Crippen molar-refractivity contribution < 1.29 is 4.79 Å². The van der Waals surface area contributed by atoms with Gasteiger partial charge in [-0.1, -0.05) is 0 Å². The molecule has 0 spiro atoms. The van der Waals surface area contributed by atoms with Crippen molar-refractivity contribution in [2.45, 2.75) is 25.3 Å². The first kappa shape index (κ1) is 12.2. The van der Waals surface area contributed by atoms with Crippen LogP contribution in [0.2, 0.25) is 0 Å². The number of aromatic nitrogens is 2. The third-order valence-electron chi connectivity index (χ3n) is 3.46. The molecule has 1 unspecified atom stereocenters. The van der Waals surface area contributed by atoms with Crippen molar-refractivity contribution in [3.8, 4) is 0 Å². The molecule has 1 amide bonds. The molecule has 1 aliphatic rings.